The van der Waals surface area contributed by atoms with Gasteiger partial charge in [0.1, 0.15) is 5.75 Å². The Morgan fingerprint density at radius 3 is 2.76 bits per heavy atom. The summed E-state index contributed by atoms with van der Waals surface area (Å²) in [6, 6.07) is 12.4. The summed E-state index contributed by atoms with van der Waals surface area (Å²) in [7, 11) is 1.70. The average Bonchev–Trinajstić information content (AvgIpc) is 2.54. The van der Waals surface area contributed by atoms with Gasteiger partial charge in [-0.15, -0.1) is 0 Å². The number of nitrogens with one attached hydrogen (secondary N) is 1. The van der Waals surface area contributed by atoms with Gasteiger partial charge in [-0.2, -0.15) is 0 Å². The van der Waals surface area contributed by atoms with Crippen LogP contribution in [0, 0.1) is 0 Å². The third-order valence-electron chi connectivity index (χ3n) is 3.40. The van der Waals surface area contributed by atoms with Gasteiger partial charge in [0.05, 0.1) is 20.3 Å². The van der Waals surface area contributed by atoms with Crippen LogP contribution in [-0.4, -0.2) is 38.6 Å². The number of methoxy groups -OCH3 is 1. The number of benzene rings is 2. The largest absolute Gasteiger partial charge is 0.496 e. The summed E-state index contributed by atoms with van der Waals surface area (Å²) < 4.78 is 10.7. The molecule has 0 aliphatic rings. The van der Waals surface area contributed by atoms with Crippen molar-refractivity contribution >= 4 is 10.8 Å². The zero-order valence-corrected chi connectivity index (χ0v) is 12.5. The molecule has 0 bridgehead atoms. The zero-order chi connectivity index (χ0) is 14.9. The lowest BCUT2D eigenvalue weighted by Crippen LogP contribution is -2.17. The molecule has 2 aromatic rings. The molecule has 2 rings (SSSR count). The number of fused-ring (bicyclic) bond motifs is 1. The van der Waals surface area contributed by atoms with Crippen molar-refractivity contribution in [2.45, 2.75) is 13.0 Å². The first-order valence-corrected chi connectivity index (χ1v) is 7.30. The van der Waals surface area contributed by atoms with Gasteiger partial charge < -0.3 is 19.9 Å². The van der Waals surface area contributed by atoms with Crippen molar-refractivity contribution in [1.29, 1.82) is 0 Å². The summed E-state index contributed by atoms with van der Waals surface area (Å²) in [6.07, 6.45) is 0.924. The minimum atomic E-state index is 0.0840. The minimum absolute atomic E-state index is 0.0840. The van der Waals surface area contributed by atoms with E-state index in [1.165, 1.54) is 16.3 Å². The molecule has 0 saturated heterocycles. The number of ether oxygens (including phenoxy) is 2. The number of rotatable bonds is 9. The molecule has 0 radical (unpaired) electrons. The Kier molecular flexibility index (Phi) is 6.47. The molecular weight excluding hydrogens is 266 g/mol. The predicted octanol–water partition coefficient (Wildman–Crippen LogP) is 2.34. The molecule has 0 saturated carbocycles. The van der Waals surface area contributed by atoms with Crippen molar-refractivity contribution in [3.8, 4) is 5.75 Å². The lowest BCUT2D eigenvalue weighted by atomic mass is 10.0. The van der Waals surface area contributed by atoms with Crippen LogP contribution in [0.15, 0.2) is 36.4 Å². The van der Waals surface area contributed by atoms with Gasteiger partial charge >= 0.3 is 0 Å². The van der Waals surface area contributed by atoms with E-state index in [2.05, 4.69) is 23.5 Å². The zero-order valence-electron chi connectivity index (χ0n) is 12.5. The molecule has 4 nitrogen and oxygen atoms in total. The SMILES string of the molecule is COc1ccc2ccccc2c1CNCCCOCCO. The first-order valence-electron chi connectivity index (χ1n) is 7.30. The topological polar surface area (TPSA) is 50.7 Å². The summed E-state index contributed by atoms with van der Waals surface area (Å²) in [5.41, 5.74) is 1.19. The molecule has 0 aromatic heterocycles. The highest BCUT2D eigenvalue weighted by Gasteiger charge is 2.07. The predicted molar refractivity (Wildman–Crippen MR) is 84.7 cm³/mol. The molecule has 2 aromatic carbocycles. The van der Waals surface area contributed by atoms with Gasteiger partial charge in [-0.25, -0.2) is 0 Å². The van der Waals surface area contributed by atoms with Crippen molar-refractivity contribution in [2.75, 3.05) is 33.5 Å². The molecule has 0 unspecified atom stereocenters. The van der Waals surface area contributed by atoms with Gasteiger partial charge in [0.2, 0.25) is 0 Å². The van der Waals surface area contributed by atoms with E-state index < -0.39 is 0 Å². The fourth-order valence-electron chi connectivity index (χ4n) is 2.37. The summed E-state index contributed by atoms with van der Waals surface area (Å²) in [6.45, 7) is 2.81. The van der Waals surface area contributed by atoms with E-state index in [0.29, 0.717) is 13.2 Å². The van der Waals surface area contributed by atoms with Gasteiger partial charge in [-0.05, 0) is 29.8 Å². The number of aliphatic hydroxyl groups is 1. The molecule has 0 amide bonds. The smallest absolute Gasteiger partial charge is 0.123 e. The Bertz CT molecular complexity index is 557. The monoisotopic (exact) mass is 289 g/mol. The fourth-order valence-corrected chi connectivity index (χ4v) is 2.37. The summed E-state index contributed by atoms with van der Waals surface area (Å²) in [4.78, 5) is 0. The first kappa shape index (κ1) is 15.8. The quantitative estimate of drug-likeness (QED) is 0.696. The second kappa shape index (κ2) is 8.62. The Balaban J connectivity index is 1.94. The van der Waals surface area contributed by atoms with E-state index in [4.69, 9.17) is 14.6 Å². The molecule has 0 fully saturated rings. The van der Waals surface area contributed by atoms with Crippen LogP contribution < -0.4 is 10.1 Å². The van der Waals surface area contributed by atoms with Crippen molar-refractivity contribution in [1.82, 2.24) is 5.32 Å². The lowest BCUT2D eigenvalue weighted by molar-refractivity contribution is 0.0907. The summed E-state index contributed by atoms with van der Waals surface area (Å²) in [5, 5.41) is 14.5. The van der Waals surface area contributed by atoms with Crippen LogP contribution in [-0.2, 0) is 11.3 Å². The molecule has 0 aliphatic carbocycles. The van der Waals surface area contributed by atoms with Crippen LogP contribution >= 0.6 is 0 Å². The molecule has 4 heteroatoms. The van der Waals surface area contributed by atoms with Crippen molar-refractivity contribution in [3.63, 3.8) is 0 Å². The first-order chi connectivity index (χ1) is 10.4. The molecule has 0 aliphatic heterocycles. The molecule has 0 spiro atoms. The van der Waals surface area contributed by atoms with E-state index in [0.717, 1.165) is 25.3 Å². The second-order valence-electron chi connectivity index (χ2n) is 4.83. The van der Waals surface area contributed by atoms with Crippen molar-refractivity contribution in [2.24, 2.45) is 0 Å². The summed E-state index contributed by atoms with van der Waals surface area (Å²) in [5.74, 6) is 0.915. The lowest BCUT2D eigenvalue weighted by Gasteiger charge is -2.13. The summed E-state index contributed by atoms with van der Waals surface area (Å²) >= 11 is 0. The van der Waals surface area contributed by atoms with E-state index in [9.17, 15) is 0 Å². The Hall–Kier alpha value is -1.62. The van der Waals surface area contributed by atoms with Crippen LogP contribution in [0.25, 0.3) is 10.8 Å². The molecular formula is C17H23NO3. The highest BCUT2D eigenvalue weighted by Crippen LogP contribution is 2.27. The second-order valence-corrected chi connectivity index (χ2v) is 4.83. The Morgan fingerprint density at radius 1 is 1.10 bits per heavy atom. The van der Waals surface area contributed by atoms with Gasteiger partial charge in [0.15, 0.2) is 0 Å². The highest BCUT2D eigenvalue weighted by molar-refractivity contribution is 5.87. The van der Waals surface area contributed by atoms with E-state index in [1.54, 1.807) is 7.11 Å². The van der Waals surface area contributed by atoms with Crippen molar-refractivity contribution < 1.29 is 14.6 Å². The van der Waals surface area contributed by atoms with Gasteiger partial charge in [-0.1, -0.05) is 30.3 Å². The minimum Gasteiger partial charge on any atom is -0.496 e. The van der Waals surface area contributed by atoms with Crippen LogP contribution in [0.3, 0.4) is 0 Å². The van der Waals surface area contributed by atoms with Gasteiger partial charge in [0, 0.05) is 18.7 Å². The maximum absolute atomic E-state index is 8.62. The fraction of sp³-hybridized carbons (Fsp3) is 0.412. The van der Waals surface area contributed by atoms with E-state index >= 15 is 0 Å². The van der Waals surface area contributed by atoms with E-state index in [1.807, 2.05) is 18.2 Å². The molecule has 114 valence electrons. The molecule has 0 atom stereocenters. The third kappa shape index (κ3) is 4.43. The number of hydrogen-bond donors (Lipinski definition) is 2. The maximum atomic E-state index is 8.62. The van der Waals surface area contributed by atoms with Crippen LogP contribution in [0.1, 0.15) is 12.0 Å². The third-order valence-corrected chi connectivity index (χ3v) is 3.40. The molecule has 0 heterocycles. The Morgan fingerprint density at radius 2 is 1.95 bits per heavy atom. The molecule has 2 N–H and O–H groups in total. The number of aliphatic hydroxyl groups excluding tert-OH is 1. The van der Waals surface area contributed by atoms with Crippen LogP contribution in [0.2, 0.25) is 0 Å². The van der Waals surface area contributed by atoms with Gasteiger partial charge in [-0.3, -0.25) is 0 Å². The maximum Gasteiger partial charge on any atom is 0.123 e. The number of hydrogen-bond acceptors (Lipinski definition) is 4. The van der Waals surface area contributed by atoms with Crippen LogP contribution in [0.5, 0.6) is 5.75 Å². The van der Waals surface area contributed by atoms with E-state index in [-0.39, 0.29) is 6.61 Å². The average molecular weight is 289 g/mol. The standard InChI is InChI=1S/C17H23NO3/c1-20-17-8-7-14-5-2-3-6-15(14)16(17)13-18-9-4-11-21-12-10-19/h2-3,5-8,18-19H,4,9-13H2,1H3. The highest BCUT2D eigenvalue weighted by atomic mass is 16.5. The van der Waals surface area contributed by atoms with Crippen LogP contribution in [0.4, 0.5) is 0 Å². The molecule has 21 heavy (non-hydrogen) atoms. The Labute approximate surface area is 125 Å². The van der Waals surface area contributed by atoms with Crippen molar-refractivity contribution in [3.05, 3.63) is 42.0 Å². The normalized spacial score (nSPS) is 11.0. The van der Waals surface area contributed by atoms with Gasteiger partial charge in [0.25, 0.3) is 0 Å².